The minimum absolute atomic E-state index is 0.0631. The van der Waals surface area contributed by atoms with E-state index in [-0.39, 0.29) is 29.5 Å². The lowest BCUT2D eigenvalue weighted by Gasteiger charge is -2.05. The fourth-order valence-electron chi connectivity index (χ4n) is 3.12. The van der Waals surface area contributed by atoms with Gasteiger partial charge in [0.15, 0.2) is 0 Å². The number of aromatic carboxylic acids is 1. The normalized spacial score (nSPS) is 10.9. The van der Waals surface area contributed by atoms with E-state index in [0.717, 1.165) is 21.3 Å². The van der Waals surface area contributed by atoms with Crippen LogP contribution in [0.2, 0.25) is 5.02 Å². The van der Waals surface area contributed by atoms with E-state index in [9.17, 15) is 14.0 Å². The van der Waals surface area contributed by atoms with Crippen molar-refractivity contribution in [2.75, 3.05) is 0 Å². The average molecular weight is 455 g/mol. The molecule has 3 aromatic carbocycles. The van der Waals surface area contributed by atoms with Crippen LogP contribution in [0.1, 0.15) is 20.9 Å². The molecule has 0 saturated carbocycles. The number of carbonyl (C=O) groups excluding carboxylic acids is 1. The molecule has 31 heavy (non-hydrogen) atoms. The highest BCUT2D eigenvalue weighted by Crippen LogP contribution is 2.30. The third kappa shape index (κ3) is 4.90. The lowest BCUT2D eigenvalue weighted by molar-refractivity contribution is -0.120. The molecule has 5 nitrogen and oxygen atoms in total. The third-order valence-electron chi connectivity index (χ3n) is 4.66. The molecule has 8 heteroatoms. The summed E-state index contributed by atoms with van der Waals surface area (Å²) in [6, 6.07) is 16.7. The molecule has 0 saturated heterocycles. The summed E-state index contributed by atoms with van der Waals surface area (Å²) in [6.45, 7) is 0.236. The van der Waals surface area contributed by atoms with E-state index in [4.69, 9.17) is 16.7 Å². The number of carboxylic acid groups (broad SMARTS) is 1. The Kier molecular flexibility index (Phi) is 5.97. The first-order valence-corrected chi connectivity index (χ1v) is 10.5. The zero-order valence-electron chi connectivity index (χ0n) is 16.1. The van der Waals surface area contributed by atoms with Gasteiger partial charge in [0.2, 0.25) is 5.91 Å². The first-order valence-electron chi connectivity index (χ1n) is 9.33. The highest BCUT2D eigenvalue weighted by molar-refractivity contribution is 7.18. The fraction of sp³-hybridized carbons (Fsp3) is 0.0870. The molecule has 0 aliphatic rings. The van der Waals surface area contributed by atoms with Crippen molar-refractivity contribution in [1.29, 1.82) is 0 Å². The maximum atomic E-state index is 13.4. The van der Waals surface area contributed by atoms with Crippen LogP contribution < -0.4 is 5.32 Å². The van der Waals surface area contributed by atoms with Crippen molar-refractivity contribution in [3.63, 3.8) is 0 Å². The number of carbonyl (C=O) groups is 2. The number of nitrogens with one attached hydrogen (secondary N) is 1. The SMILES string of the molecule is O=C(Cc1nc2ccc(-c3ccc(F)c(Cl)c3)cc2s1)NCc1cccc(C(=O)O)c1. The van der Waals surface area contributed by atoms with Gasteiger partial charge in [0.05, 0.1) is 27.2 Å². The van der Waals surface area contributed by atoms with Crippen LogP contribution in [0.3, 0.4) is 0 Å². The fourth-order valence-corrected chi connectivity index (χ4v) is 4.30. The Morgan fingerprint density at radius 1 is 1.06 bits per heavy atom. The molecule has 4 aromatic rings. The first-order chi connectivity index (χ1) is 14.9. The van der Waals surface area contributed by atoms with Crippen LogP contribution in [0.5, 0.6) is 0 Å². The predicted octanol–water partition coefficient (Wildman–Crippen LogP) is 5.31. The number of hydrogen-bond donors (Lipinski definition) is 2. The number of nitrogens with zero attached hydrogens (tertiary/aromatic N) is 1. The number of thiazole rings is 1. The molecular weight excluding hydrogens is 439 g/mol. The molecule has 0 spiro atoms. The third-order valence-corrected chi connectivity index (χ3v) is 5.97. The van der Waals surface area contributed by atoms with Crippen LogP contribution >= 0.6 is 22.9 Å². The number of halogens is 2. The largest absolute Gasteiger partial charge is 0.478 e. The lowest BCUT2D eigenvalue weighted by atomic mass is 10.1. The molecule has 0 atom stereocenters. The van der Waals surface area contributed by atoms with Gasteiger partial charge in [-0.05, 0) is 53.1 Å². The summed E-state index contributed by atoms with van der Waals surface area (Å²) in [5.41, 5.74) is 3.34. The minimum Gasteiger partial charge on any atom is -0.478 e. The van der Waals surface area contributed by atoms with Crippen LogP contribution in [-0.4, -0.2) is 22.0 Å². The van der Waals surface area contributed by atoms with Gasteiger partial charge in [0.1, 0.15) is 10.8 Å². The topological polar surface area (TPSA) is 79.3 Å². The van der Waals surface area contributed by atoms with Gasteiger partial charge in [-0.25, -0.2) is 14.2 Å². The summed E-state index contributed by atoms with van der Waals surface area (Å²) >= 11 is 7.30. The summed E-state index contributed by atoms with van der Waals surface area (Å²) in [7, 11) is 0. The van der Waals surface area contributed by atoms with Gasteiger partial charge < -0.3 is 10.4 Å². The van der Waals surface area contributed by atoms with Crippen LogP contribution in [0.4, 0.5) is 4.39 Å². The van der Waals surface area contributed by atoms with Crippen molar-refractivity contribution < 1.29 is 19.1 Å². The average Bonchev–Trinajstić information content (AvgIpc) is 3.15. The lowest BCUT2D eigenvalue weighted by Crippen LogP contribution is -2.24. The molecule has 1 aromatic heterocycles. The van der Waals surface area contributed by atoms with Crippen molar-refractivity contribution in [2.24, 2.45) is 0 Å². The summed E-state index contributed by atoms with van der Waals surface area (Å²) < 4.78 is 14.3. The molecule has 0 unspecified atom stereocenters. The highest BCUT2D eigenvalue weighted by atomic mass is 35.5. The smallest absolute Gasteiger partial charge is 0.335 e. The van der Waals surface area contributed by atoms with Crippen molar-refractivity contribution >= 4 is 45.0 Å². The monoisotopic (exact) mass is 454 g/mol. The van der Waals surface area contributed by atoms with E-state index < -0.39 is 11.8 Å². The Balaban J connectivity index is 1.45. The molecule has 1 amide bonds. The summed E-state index contributed by atoms with van der Waals surface area (Å²) in [5, 5.41) is 12.6. The van der Waals surface area contributed by atoms with Crippen molar-refractivity contribution in [2.45, 2.75) is 13.0 Å². The predicted molar refractivity (Wildman–Crippen MR) is 119 cm³/mol. The maximum absolute atomic E-state index is 13.4. The highest BCUT2D eigenvalue weighted by Gasteiger charge is 2.11. The van der Waals surface area contributed by atoms with E-state index in [1.807, 2.05) is 18.2 Å². The summed E-state index contributed by atoms with van der Waals surface area (Å²) in [4.78, 5) is 27.9. The van der Waals surface area contributed by atoms with E-state index >= 15 is 0 Å². The Bertz CT molecular complexity index is 1310. The van der Waals surface area contributed by atoms with Gasteiger partial charge in [-0.1, -0.05) is 35.9 Å². The van der Waals surface area contributed by atoms with Crippen molar-refractivity contribution in [1.82, 2.24) is 10.3 Å². The Hall–Kier alpha value is -3.29. The Morgan fingerprint density at radius 2 is 1.84 bits per heavy atom. The van der Waals surface area contributed by atoms with Crippen LogP contribution in [0, 0.1) is 5.82 Å². The first kappa shape index (κ1) is 21.0. The van der Waals surface area contributed by atoms with E-state index in [0.29, 0.717) is 10.6 Å². The number of amides is 1. The standard InChI is InChI=1S/C23H16ClFN2O3S/c24-17-9-14(4-6-18(17)25)15-5-7-19-20(10-15)31-22(27-19)11-21(28)26-12-13-2-1-3-16(8-13)23(29)30/h1-10H,11-12H2,(H,26,28)(H,29,30). The number of aromatic nitrogens is 1. The molecule has 0 aliphatic heterocycles. The molecule has 0 aliphatic carbocycles. The van der Waals surface area contributed by atoms with Gasteiger partial charge in [-0.2, -0.15) is 0 Å². The molecule has 156 valence electrons. The van der Waals surface area contributed by atoms with Gasteiger partial charge in [-0.15, -0.1) is 11.3 Å². The van der Waals surface area contributed by atoms with Crippen LogP contribution in [-0.2, 0) is 17.8 Å². The summed E-state index contributed by atoms with van der Waals surface area (Å²) in [5.74, 6) is -1.68. The molecular formula is C23H16ClFN2O3S. The molecule has 0 radical (unpaired) electrons. The Labute approximate surface area is 186 Å². The molecule has 0 fully saturated rings. The number of fused-ring (bicyclic) bond motifs is 1. The number of rotatable bonds is 6. The maximum Gasteiger partial charge on any atom is 0.335 e. The quantitative estimate of drug-likeness (QED) is 0.413. The van der Waals surface area contributed by atoms with Crippen LogP contribution in [0.15, 0.2) is 60.7 Å². The van der Waals surface area contributed by atoms with E-state index in [1.54, 1.807) is 24.3 Å². The molecule has 0 bridgehead atoms. The number of hydrogen-bond acceptors (Lipinski definition) is 4. The minimum atomic E-state index is -1.01. The molecule has 2 N–H and O–H groups in total. The Morgan fingerprint density at radius 3 is 2.61 bits per heavy atom. The second-order valence-electron chi connectivity index (χ2n) is 6.88. The van der Waals surface area contributed by atoms with E-state index in [2.05, 4.69) is 10.3 Å². The van der Waals surface area contributed by atoms with Crippen molar-refractivity contribution in [3.05, 3.63) is 87.6 Å². The molecule has 4 rings (SSSR count). The summed E-state index contributed by atoms with van der Waals surface area (Å²) in [6.07, 6.45) is 0.121. The van der Waals surface area contributed by atoms with Gasteiger partial charge >= 0.3 is 5.97 Å². The van der Waals surface area contributed by atoms with Crippen molar-refractivity contribution in [3.8, 4) is 11.1 Å². The number of carboxylic acids is 1. The van der Waals surface area contributed by atoms with Gasteiger partial charge in [0, 0.05) is 6.54 Å². The van der Waals surface area contributed by atoms with Crippen LogP contribution in [0.25, 0.3) is 21.3 Å². The second kappa shape index (κ2) is 8.83. The van der Waals surface area contributed by atoms with Gasteiger partial charge in [0.25, 0.3) is 0 Å². The second-order valence-corrected chi connectivity index (χ2v) is 8.40. The molecule has 1 heterocycles. The van der Waals surface area contributed by atoms with E-state index in [1.165, 1.54) is 29.5 Å². The number of benzene rings is 3. The zero-order valence-corrected chi connectivity index (χ0v) is 17.6. The zero-order chi connectivity index (χ0) is 22.0. The van der Waals surface area contributed by atoms with Gasteiger partial charge in [-0.3, -0.25) is 4.79 Å².